The molecule has 4 atom stereocenters. The van der Waals surface area contributed by atoms with Crippen molar-refractivity contribution in [2.45, 2.75) is 53.4 Å². The van der Waals surface area contributed by atoms with Crippen molar-refractivity contribution in [3.63, 3.8) is 0 Å². The molecule has 1 aromatic rings. The molecule has 1 aromatic carbocycles. The lowest BCUT2D eigenvalue weighted by Crippen LogP contribution is -2.42. The van der Waals surface area contributed by atoms with Crippen molar-refractivity contribution in [3.05, 3.63) is 46.5 Å². The first kappa shape index (κ1) is 27.4. The molecule has 0 amide bonds. The third-order valence-electron chi connectivity index (χ3n) is 10.5. The third kappa shape index (κ3) is 3.82. The molecule has 10 heteroatoms. The van der Waals surface area contributed by atoms with Crippen molar-refractivity contribution < 1.29 is 35.5 Å². The van der Waals surface area contributed by atoms with E-state index in [9.17, 15) is 35.5 Å². The predicted molar refractivity (Wildman–Crippen MR) is 143 cm³/mol. The lowest BCUT2D eigenvalue weighted by atomic mass is 9.70. The van der Waals surface area contributed by atoms with Crippen molar-refractivity contribution in [2.24, 2.45) is 33.5 Å². The first-order valence-electron chi connectivity index (χ1n) is 12.9. The second-order valence-electron chi connectivity index (χ2n) is 12.8. The molecular weight excluding hydrogens is 528 g/mol. The molecule has 38 heavy (non-hydrogen) atoms. The first-order valence-corrected chi connectivity index (χ1v) is 16.1. The van der Waals surface area contributed by atoms with Crippen molar-refractivity contribution in [2.75, 3.05) is 11.5 Å². The molecule has 2 N–H and O–H groups in total. The summed E-state index contributed by atoms with van der Waals surface area (Å²) < 4.78 is 66.1. The van der Waals surface area contributed by atoms with Crippen LogP contribution in [0.5, 0.6) is 0 Å². The van der Waals surface area contributed by atoms with E-state index < -0.39 is 53.4 Å². The van der Waals surface area contributed by atoms with Gasteiger partial charge in [-0.25, -0.2) is 0 Å². The van der Waals surface area contributed by atoms with Crippen LogP contribution in [0.1, 0.15) is 64.5 Å². The average Bonchev–Trinajstić information content (AvgIpc) is 3.27. The molecule has 206 valence electrons. The SMILES string of the molecule is CC1(C)C2CCC1(CS(=O)(=O)O)C(=O)/C2=C/c1ccc(/C=C2/C(=O)C3(CS(=O)(=O)O)CCC2C3(C)C)cc1. The molecule has 8 nitrogen and oxygen atoms in total. The van der Waals surface area contributed by atoms with E-state index in [0.29, 0.717) is 36.8 Å². The summed E-state index contributed by atoms with van der Waals surface area (Å²) in [5.41, 5.74) is -0.762. The van der Waals surface area contributed by atoms with Gasteiger partial charge in [0, 0.05) is 11.1 Å². The lowest BCUT2D eigenvalue weighted by molar-refractivity contribution is -0.125. The summed E-state index contributed by atoms with van der Waals surface area (Å²) in [5, 5.41) is 0. The van der Waals surface area contributed by atoms with Gasteiger partial charge in [0.1, 0.15) is 0 Å². The molecule has 0 radical (unpaired) electrons. The molecule has 4 aliphatic carbocycles. The highest BCUT2D eigenvalue weighted by atomic mass is 32.2. The summed E-state index contributed by atoms with van der Waals surface area (Å²) in [4.78, 5) is 26.9. The zero-order valence-electron chi connectivity index (χ0n) is 22.0. The van der Waals surface area contributed by atoms with Crippen LogP contribution in [0.15, 0.2) is 35.4 Å². The Balaban J connectivity index is 1.44. The van der Waals surface area contributed by atoms with Gasteiger partial charge in [-0.1, -0.05) is 52.0 Å². The van der Waals surface area contributed by atoms with Gasteiger partial charge in [0.15, 0.2) is 11.6 Å². The summed E-state index contributed by atoms with van der Waals surface area (Å²) in [6.07, 6.45) is 5.80. The Bertz CT molecular complexity index is 1400. The summed E-state index contributed by atoms with van der Waals surface area (Å²) in [7, 11) is -8.66. The van der Waals surface area contributed by atoms with Gasteiger partial charge in [-0.2, -0.15) is 16.8 Å². The third-order valence-corrected chi connectivity index (χ3v) is 12.2. The van der Waals surface area contributed by atoms with Crippen molar-refractivity contribution in [3.8, 4) is 0 Å². The second-order valence-corrected chi connectivity index (χ2v) is 15.7. The zero-order chi connectivity index (χ0) is 28.1. The van der Waals surface area contributed by atoms with Gasteiger partial charge in [-0.3, -0.25) is 18.7 Å². The first-order chi connectivity index (χ1) is 17.3. The monoisotopic (exact) mass is 562 g/mol. The van der Waals surface area contributed by atoms with Gasteiger partial charge in [0.25, 0.3) is 20.2 Å². The quantitative estimate of drug-likeness (QED) is 0.387. The fourth-order valence-electron chi connectivity index (χ4n) is 8.23. The number of fused-ring (bicyclic) bond motifs is 4. The Morgan fingerprint density at radius 1 is 0.711 bits per heavy atom. The van der Waals surface area contributed by atoms with Gasteiger partial charge in [0.2, 0.25) is 0 Å². The van der Waals surface area contributed by atoms with Gasteiger partial charge in [0.05, 0.1) is 22.3 Å². The molecule has 0 spiro atoms. The number of allylic oxidation sites excluding steroid dienone is 2. The molecule has 4 bridgehead atoms. The predicted octanol–water partition coefficient (Wildman–Crippen LogP) is 4.24. The van der Waals surface area contributed by atoms with E-state index in [1.54, 1.807) is 12.2 Å². The minimum absolute atomic E-state index is 0.105. The van der Waals surface area contributed by atoms with Crippen LogP contribution in [0.3, 0.4) is 0 Å². The van der Waals surface area contributed by atoms with E-state index in [1.807, 2.05) is 52.0 Å². The summed E-state index contributed by atoms with van der Waals surface area (Å²) in [6, 6.07) is 7.33. The van der Waals surface area contributed by atoms with Gasteiger partial charge < -0.3 is 0 Å². The fourth-order valence-corrected chi connectivity index (χ4v) is 10.8. The maximum absolute atomic E-state index is 13.4. The Morgan fingerprint density at radius 3 is 1.32 bits per heavy atom. The van der Waals surface area contributed by atoms with Crippen LogP contribution in [0.25, 0.3) is 12.2 Å². The van der Waals surface area contributed by atoms with Gasteiger partial charge in [-0.15, -0.1) is 0 Å². The van der Waals surface area contributed by atoms with Crippen LogP contribution in [0.4, 0.5) is 0 Å². The molecular formula is C28H34O8S2. The normalized spacial score (nSPS) is 35.6. The summed E-state index contributed by atoms with van der Waals surface area (Å²) >= 11 is 0. The maximum Gasteiger partial charge on any atom is 0.265 e. The van der Waals surface area contributed by atoms with Crippen LogP contribution >= 0.6 is 0 Å². The highest BCUT2D eigenvalue weighted by molar-refractivity contribution is 7.86. The van der Waals surface area contributed by atoms with E-state index in [2.05, 4.69) is 0 Å². The Hall–Kier alpha value is -2.14. The number of carbonyl (C=O) groups is 2. The molecule has 0 aliphatic heterocycles. The fraction of sp³-hybridized carbons (Fsp3) is 0.571. The topological polar surface area (TPSA) is 143 Å². The van der Waals surface area contributed by atoms with E-state index >= 15 is 0 Å². The maximum atomic E-state index is 13.4. The number of hydrogen-bond acceptors (Lipinski definition) is 6. The molecule has 4 aliphatic rings. The number of carbonyl (C=O) groups excluding carboxylic acids is 2. The summed E-state index contributed by atoms with van der Waals surface area (Å²) in [6.45, 7) is 7.58. The molecule has 5 rings (SSSR count). The average molecular weight is 563 g/mol. The Kier molecular flexibility index (Phi) is 5.91. The van der Waals surface area contributed by atoms with Crippen LogP contribution in [0, 0.1) is 33.5 Å². The molecule has 4 saturated carbocycles. The Labute approximate surface area is 224 Å². The minimum Gasteiger partial charge on any atom is -0.294 e. The van der Waals surface area contributed by atoms with E-state index in [1.165, 1.54) is 0 Å². The summed E-state index contributed by atoms with van der Waals surface area (Å²) in [5.74, 6) is -1.80. The highest BCUT2D eigenvalue weighted by Gasteiger charge is 2.68. The van der Waals surface area contributed by atoms with Crippen LogP contribution in [0.2, 0.25) is 0 Å². The number of rotatable bonds is 6. The lowest BCUT2D eigenvalue weighted by Gasteiger charge is -2.34. The molecule has 0 heterocycles. The van der Waals surface area contributed by atoms with Crippen LogP contribution in [-0.4, -0.2) is 49.0 Å². The molecule has 0 saturated heterocycles. The Morgan fingerprint density at radius 2 is 1.03 bits per heavy atom. The van der Waals surface area contributed by atoms with E-state index in [0.717, 1.165) is 11.1 Å². The molecule has 4 fully saturated rings. The number of Topliss-reactive ketones (excluding diaryl/α,β-unsaturated/α-hetero) is 2. The van der Waals surface area contributed by atoms with Crippen molar-refractivity contribution in [1.82, 2.24) is 0 Å². The van der Waals surface area contributed by atoms with Crippen LogP contribution in [-0.2, 0) is 29.8 Å². The zero-order valence-corrected chi connectivity index (χ0v) is 23.7. The van der Waals surface area contributed by atoms with Gasteiger partial charge >= 0.3 is 0 Å². The van der Waals surface area contributed by atoms with E-state index in [4.69, 9.17) is 0 Å². The molecule has 0 aromatic heterocycles. The minimum atomic E-state index is -4.33. The second kappa shape index (κ2) is 8.19. The standard InChI is InChI=1S/C28H34O8S2/c1-25(2)21-9-11-27(25,15-37(31,32)33)23(29)19(21)13-17-5-7-18(8-6-17)14-20-22-10-12-28(24(20)30,26(22,3)4)16-38(34,35)36/h5-8,13-14,21-22H,9-12,15-16H2,1-4H3,(H,31,32,33)(H,34,35,36)/b19-13+,20-14+. The number of hydrogen-bond donors (Lipinski definition) is 2. The number of ketones is 2. The van der Waals surface area contributed by atoms with Gasteiger partial charge in [-0.05, 0) is 71.6 Å². The van der Waals surface area contributed by atoms with Crippen LogP contribution < -0.4 is 0 Å². The highest BCUT2D eigenvalue weighted by Crippen LogP contribution is 2.67. The van der Waals surface area contributed by atoms with Crippen molar-refractivity contribution >= 4 is 44.0 Å². The smallest absolute Gasteiger partial charge is 0.265 e. The largest absolute Gasteiger partial charge is 0.294 e. The van der Waals surface area contributed by atoms with E-state index in [-0.39, 0.29) is 23.4 Å². The number of benzene rings is 1. The molecule has 4 unspecified atom stereocenters. The van der Waals surface area contributed by atoms with Crippen molar-refractivity contribution in [1.29, 1.82) is 0 Å².